The summed E-state index contributed by atoms with van der Waals surface area (Å²) in [7, 11) is 0. The SMILES string of the molecule is CC1=CC=CCC=C1C(C)(C)CC1C=CCC1C. The van der Waals surface area contributed by atoms with Crippen LogP contribution in [0.2, 0.25) is 0 Å². The highest BCUT2D eigenvalue weighted by molar-refractivity contribution is 5.39. The first kappa shape index (κ1) is 13.4. The van der Waals surface area contributed by atoms with E-state index >= 15 is 0 Å². The maximum Gasteiger partial charge on any atom is -0.00983 e. The summed E-state index contributed by atoms with van der Waals surface area (Å²) in [5.74, 6) is 1.57. The smallest absolute Gasteiger partial charge is 0.00983 e. The molecule has 0 saturated carbocycles. The van der Waals surface area contributed by atoms with Crippen molar-refractivity contribution in [2.45, 2.75) is 47.0 Å². The van der Waals surface area contributed by atoms with E-state index < -0.39 is 0 Å². The lowest BCUT2D eigenvalue weighted by molar-refractivity contribution is 0.305. The first-order chi connectivity index (χ1) is 8.50. The molecule has 0 radical (unpaired) electrons. The van der Waals surface area contributed by atoms with Crippen molar-refractivity contribution in [3.05, 3.63) is 47.6 Å². The summed E-state index contributed by atoms with van der Waals surface area (Å²) in [6.45, 7) is 9.43. The second kappa shape index (κ2) is 5.30. The Balaban J connectivity index is 2.15. The normalized spacial score (nSPS) is 28.0. The monoisotopic (exact) mass is 242 g/mol. The highest BCUT2D eigenvalue weighted by Gasteiger charge is 2.30. The fraction of sp³-hybridized carbons (Fsp3) is 0.556. The minimum atomic E-state index is 0.278. The van der Waals surface area contributed by atoms with Gasteiger partial charge in [0.2, 0.25) is 0 Å². The van der Waals surface area contributed by atoms with Gasteiger partial charge in [0.15, 0.2) is 0 Å². The van der Waals surface area contributed by atoms with Gasteiger partial charge in [-0.25, -0.2) is 0 Å². The molecule has 18 heavy (non-hydrogen) atoms. The fourth-order valence-corrected chi connectivity index (χ4v) is 3.34. The number of allylic oxidation sites excluding steroid dienone is 8. The highest BCUT2D eigenvalue weighted by atomic mass is 14.3. The Morgan fingerprint density at radius 2 is 2.06 bits per heavy atom. The van der Waals surface area contributed by atoms with Crippen LogP contribution in [-0.2, 0) is 0 Å². The van der Waals surface area contributed by atoms with Gasteiger partial charge >= 0.3 is 0 Å². The zero-order chi connectivity index (χ0) is 13.2. The average Bonchev–Trinajstić information content (AvgIpc) is 2.56. The predicted molar refractivity (Wildman–Crippen MR) is 80.4 cm³/mol. The van der Waals surface area contributed by atoms with Crippen molar-refractivity contribution in [2.24, 2.45) is 17.3 Å². The standard InChI is InChI=1S/C18H26/c1-14-10-8-11-16(14)13-18(3,4)17-12-7-5-6-9-15(17)2/h5-6,8-9,11-12,14,16H,7,10,13H2,1-4H3. The van der Waals surface area contributed by atoms with Gasteiger partial charge in [-0.3, -0.25) is 0 Å². The van der Waals surface area contributed by atoms with Gasteiger partial charge in [0.05, 0.1) is 0 Å². The molecule has 0 N–H and O–H groups in total. The minimum absolute atomic E-state index is 0.278. The lowest BCUT2D eigenvalue weighted by Crippen LogP contribution is -2.21. The number of hydrogen-bond donors (Lipinski definition) is 0. The van der Waals surface area contributed by atoms with Gasteiger partial charge in [-0.1, -0.05) is 57.2 Å². The molecule has 2 aliphatic carbocycles. The molecule has 0 heteroatoms. The van der Waals surface area contributed by atoms with Crippen LogP contribution in [0.5, 0.6) is 0 Å². The second-order valence-corrected chi connectivity index (χ2v) is 6.52. The van der Waals surface area contributed by atoms with Crippen molar-refractivity contribution in [3.63, 3.8) is 0 Å². The topological polar surface area (TPSA) is 0 Å². The van der Waals surface area contributed by atoms with Crippen LogP contribution in [0.4, 0.5) is 0 Å². The third-order valence-corrected chi connectivity index (χ3v) is 4.46. The van der Waals surface area contributed by atoms with Crippen LogP contribution in [-0.4, -0.2) is 0 Å². The second-order valence-electron chi connectivity index (χ2n) is 6.52. The molecule has 0 aliphatic heterocycles. The van der Waals surface area contributed by atoms with Crippen LogP contribution in [0.3, 0.4) is 0 Å². The number of hydrogen-bond acceptors (Lipinski definition) is 0. The third-order valence-electron chi connectivity index (χ3n) is 4.46. The molecule has 0 aromatic carbocycles. The minimum Gasteiger partial charge on any atom is -0.0880 e. The summed E-state index contributed by atoms with van der Waals surface area (Å²) in [6, 6.07) is 0. The van der Waals surface area contributed by atoms with Crippen LogP contribution in [0, 0.1) is 17.3 Å². The quantitative estimate of drug-likeness (QED) is 0.577. The molecule has 0 amide bonds. The predicted octanol–water partition coefficient (Wildman–Crippen LogP) is 5.45. The third kappa shape index (κ3) is 2.85. The average molecular weight is 242 g/mol. The summed E-state index contributed by atoms with van der Waals surface area (Å²) in [6.07, 6.45) is 17.5. The van der Waals surface area contributed by atoms with E-state index in [1.807, 2.05) is 0 Å². The van der Waals surface area contributed by atoms with Gasteiger partial charge in [0.25, 0.3) is 0 Å². The molecule has 98 valence electrons. The fourth-order valence-electron chi connectivity index (χ4n) is 3.34. The van der Waals surface area contributed by atoms with Crippen molar-refractivity contribution >= 4 is 0 Å². The van der Waals surface area contributed by atoms with Crippen LogP contribution >= 0.6 is 0 Å². The Labute approximate surface area is 112 Å². The Hall–Kier alpha value is -1.04. The van der Waals surface area contributed by atoms with Crippen molar-refractivity contribution < 1.29 is 0 Å². The van der Waals surface area contributed by atoms with Crippen LogP contribution in [0.25, 0.3) is 0 Å². The van der Waals surface area contributed by atoms with Gasteiger partial charge in [0.1, 0.15) is 0 Å². The van der Waals surface area contributed by atoms with E-state index in [4.69, 9.17) is 0 Å². The maximum atomic E-state index is 2.43. The molecule has 2 rings (SSSR count). The Kier molecular flexibility index (Phi) is 3.94. The van der Waals surface area contributed by atoms with Crippen molar-refractivity contribution in [1.29, 1.82) is 0 Å². The van der Waals surface area contributed by atoms with Crippen LogP contribution in [0.1, 0.15) is 47.0 Å². The largest absolute Gasteiger partial charge is 0.0880 e. The summed E-state index contributed by atoms with van der Waals surface area (Å²) in [5, 5.41) is 0. The van der Waals surface area contributed by atoms with Crippen molar-refractivity contribution in [3.8, 4) is 0 Å². The van der Waals surface area contributed by atoms with Gasteiger partial charge in [-0.2, -0.15) is 0 Å². The molecule has 0 spiro atoms. The van der Waals surface area contributed by atoms with Crippen molar-refractivity contribution in [1.82, 2.24) is 0 Å². The lowest BCUT2D eigenvalue weighted by atomic mass is 9.72. The van der Waals surface area contributed by atoms with Crippen LogP contribution in [0.15, 0.2) is 47.6 Å². The molecule has 0 heterocycles. The Morgan fingerprint density at radius 1 is 1.28 bits per heavy atom. The van der Waals surface area contributed by atoms with E-state index in [0.29, 0.717) is 0 Å². The molecular weight excluding hydrogens is 216 g/mol. The van der Waals surface area contributed by atoms with Gasteiger partial charge < -0.3 is 0 Å². The summed E-state index contributed by atoms with van der Waals surface area (Å²) >= 11 is 0. The van der Waals surface area contributed by atoms with E-state index in [9.17, 15) is 0 Å². The van der Waals surface area contributed by atoms with E-state index in [2.05, 4.69) is 64.2 Å². The molecule has 2 aliphatic rings. The number of rotatable bonds is 3. The molecule has 2 unspecified atom stereocenters. The zero-order valence-electron chi connectivity index (χ0n) is 12.2. The first-order valence-corrected chi connectivity index (χ1v) is 7.22. The molecule has 0 aromatic rings. The Morgan fingerprint density at radius 3 is 2.72 bits per heavy atom. The molecular formula is C18H26. The maximum absolute atomic E-state index is 2.43. The van der Waals surface area contributed by atoms with Gasteiger partial charge in [0, 0.05) is 0 Å². The van der Waals surface area contributed by atoms with Gasteiger partial charge in [-0.05, 0) is 54.6 Å². The van der Waals surface area contributed by atoms with E-state index in [1.54, 1.807) is 5.57 Å². The zero-order valence-corrected chi connectivity index (χ0v) is 12.2. The van der Waals surface area contributed by atoms with E-state index in [1.165, 1.54) is 18.4 Å². The summed E-state index contributed by atoms with van der Waals surface area (Å²) in [4.78, 5) is 0. The molecule has 2 atom stereocenters. The molecule has 0 fully saturated rings. The lowest BCUT2D eigenvalue weighted by Gasteiger charge is -2.33. The highest BCUT2D eigenvalue weighted by Crippen LogP contribution is 2.42. The first-order valence-electron chi connectivity index (χ1n) is 7.22. The van der Waals surface area contributed by atoms with E-state index in [0.717, 1.165) is 18.3 Å². The van der Waals surface area contributed by atoms with Gasteiger partial charge in [-0.15, -0.1) is 0 Å². The molecule has 0 saturated heterocycles. The van der Waals surface area contributed by atoms with Crippen LogP contribution < -0.4 is 0 Å². The molecule has 0 bridgehead atoms. The van der Waals surface area contributed by atoms with E-state index in [-0.39, 0.29) is 5.41 Å². The van der Waals surface area contributed by atoms with Crippen molar-refractivity contribution in [2.75, 3.05) is 0 Å². The molecule has 0 nitrogen and oxygen atoms in total. The summed E-state index contributed by atoms with van der Waals surface area (Å²) in [5.41, 5.74) is 3.25. The molecule has 0 aromatic heterocycles. The Bertz CT molecular complexity index is 415. The summed E-state index contributed by atoms with van der Waals surface area (Å²) < 4.78 is 0.